The molecule has 0 aliphatic rings. The van der Waals surface area contributed by atoms with Crippen LogP contribution in [0.25, 0.3) is 0 Å². The molecule has 1 unspecified atom stereocenters. The highest BCUT2D eigenvalue weighted by molar-refractivity contribution is 6.31. The Morgan fingerprint density at radius 2 is 2.16 bits per heavy atom. The molecule has 0 aliphatic carbocycles. The number of nitrogens with zero attached hydrogens (tertiary/aromatic N) is 4. The maximum Gasteiger partial charge on any atom is 0.0850 e. The molecule has 2 aromatic rings. The zero-order valence-electron chi connectivity index (χ0n) is 11.6. The summed E-state index contributed by atoms with van der Waals surface area (Å²) >= 11 is 6.39. The van der Waals surface area contributed by atoms with E-state index in [0.29, 0.717) is 6.42 Å². The molecule has 5 nitrogen and oxygen atoms in total. The molecule has 2 heterocycles. The second kappa shape index (κ2) is 5.75. The Bertz CT molecular complexity index is 557. The fraction of sp³-hybridized carbons (Fsp3) is 0.538. The number of rotatable bonds is 5. The average molecular weight is 282 g/mol. The van der Waals surface area contributed by atoms with Gasteiger partial charge in [-0.3, -0.25) is 9.36 Å². The molecule has 0 spiro atoms. The minimum atomic E-state index is -0.113. The Balaban J connectivity index is 2.25. The Morgan fingerprint density at radius 3 is 2.68 bits per heavy atom. The van der Waals surface area contributed by atoms with Crippen molar-refractivity contribution in [3.05, 3.63) is 34.4 Å². The van der Waals surface area contributed by atoms with Gasteiger partial charge >= 0.3 is 0 Å². The van der Waals surface area contributed by atoms with E-state index in [2.05, 4.69) is 24.0 Å². The minimum Gasteiger partial charge on any atom is -0.324 e. The van der Waals surface area contributed by atoms with Crippen LogP contribution in [0, 0.1) is 0 Å². The van der Waals surface area contributed by atoms with Crippen molar-refractivity contribution in [3.63, 3.8) is 0 Å². The summed E-state index contributed by atoms with van der Waals surface area (Å²) in [5, 5.41) is 9.41. The monoisotopic (exact) mass is 281 g/mol. The van der Waals surface area contributed by atoms with Crippen LogP contribution < -0.4 is 5.73 Å². The van der Waals surface area contributed by atoms with E-state index in [1.807, 2.05) is 17.9 Å². The molecule has 0 fully saturated rings. The van der Waals surface area contributed by atoms with Gasteiger partial charge in [0.1, 0.15) is 0 Å². The lowest BCUT2D eigenvalue weighted by molar-refractivity contribution is 0.585. The van der Waals surface area contributed by atoms with E-state index in [4.69, 9.17) is 17.3 Å². The van der Waals surface area contributed by atoms with E-state index < -0.39 is 0 Å². The first-order valence-corrected chi connectivity index (χ1v) is 6.92. The molecule has 2 N–H and O–H groups in total. The van der Waals surface area contributed by atoms with Crippen LogP contribution >= 0.6 is 11.6 Å². The lowest BCUT2D eigenvalue weighted by Crippen LogP contribution is -2.16. The Morgan fingerprint density at radius 1 is 1.42 bits per heavy atom. The third-order valence-corrected chi connectivity index (χ3v) is 3.70. The fourth-order valence-corrected chi connectivity index (χ4v) is 2.52. The Labute approximate surface area is 118 Å². The van der Waals surface area contributed by atoms with Crippen molar-refractivity contribution in [3.8, 4) is 0 Å². The zero-order valence-corrected chi connectivity index (χ0v) is 12.4. The van der Waals surface area contributed by atoms with Crippen LogP contribution in [0.5, 0.6) is 0 Å². The maximum absolute atomic E-state index is 6.39. The predicted octanol–water partition coefficient (Wildman–Crippen LogP) is 2.09. The highest BCUT2D eigenvalue weighted by atomic mass is 35.5. The number of nitrogens with two attached hydrogens (primary N) is 1. The molecule has 2 aromatic heterocycles. The smallest absolute Gasteiger partial charge is 0.0850 e. The van der Waals surface area contributed by atoms with Gasteiger partial charge in [-0.15, -0.1) is 0 Å². The van der Waals surface area contributed by atoms with Gasteiger partial charge in [-0.25, -0.2) is 0 Å². The zero-order chi connectivity index (χ0) is 14.0. The third kappa shape index (κ3) is 2.82. The lowest BCUT2D eigenvalue weighted by Gasteiger charge is -2.11. The summed E-state index contributed by atoms with van der Waals surface area (Å²) in [4.78, 5) is 0. The quantitative estimate of drug-likeness (QED) is 0.913. The molecule has 1 atom stereocenters. The Kier molecular flexibility index (Phi) is 4.27. The third-order valence-electron chi connectivity index (χ3n) is 3.26. The highest BCUT2D eigenvalue weighted by Gasteiger charge is 2.18. The van der Waals surface area contributed by atoms with Gasteiger partial charge in [0.2, 0.25) is 0 Å². The maximum atomic E-state index is 6.39. The van der Waals surface area contributed by atoms with Crippen LogP contribution in [0.15, 0.2) is 12.4 Å². The molecule has 6 heteroatoms. The van der Waals surface area contributed by atoms with E-state index in [1.165, 1.54) is 0 Å². The van der Waals surface area contributed by atoms with Crippen molar-refractivity contribution in [1.82, 2.24) is 19.6 Å². The molecule has 0 saturated carbocycles. The van der Waals surface area contributed by atoms with Crippen molar-refractivity contribution < 1.29 is 0 Å². The fourth-order valence-electron chi connectivity index (χ4n) is 2.17. The summed E-state index contributed by atoms with van der Waals surface area (Å²) in [7, 11) is 1.88. The summed E-state index contributed by atoms with van der Waals surface area (Å²) in [6, 6.07) is -0.113. The van der Waals surface area contributed by atoms with Gasteiger partial charge in [0.15, 0.2) is 0 Å². The predicted molar refractivity (Wildman–Crippen MR) is 76.1 cm³/mol. The first-order chi connectivity index (χ1) is 9.06. The average Bonchev–Trinajstić information content (AvgIpc) is 2.95. The number of hydrogen-bond donors (Lipinski definition) is 1. The van der Waals surface area contributed by atoms with Gasteiger partial charge < -0.3 is 5.73 Å². The molecule has 0 amide bonds. The molecular formula is C13H20ClN5. The van der Waals surface area contributed by atoms with Gasteiger partial charge in [-0.1, -0.05) is 18.5 Å². The van der Waals surface area contributed by atoms with Gasteiger partial charge in [0, 0.05) is 37.8 Å². The molecule has 0 radical (unpaired) electrons. The molecule has 0 aliphatic heterocycles. The largest absolute Gasteiger partial charge is 0.324 e. The lowest BCUT2D eigenvalue weighted by atomic mass is 10.1. The van der Waals surface area contributed by atoms with Crippen molar-refractivity contribution in [2.45, 2.75) is 39.3 Å². The first-order valence-electron chi connectivity index (χ1n) is 6.54. The van der Waals surface area contributed by atoms with Crippen molar-refractivity contribution in [2.75, 3.05) is 0 Å². The number of hydrogen-bond acceptors (Lipinski definition) is 3. The van der Waals surface area contributed by atoms with Crippen molar-refractivity contribution in [1.29, 1.82) is 0 Å². The van der Waals surface area contributed by atoms with Crippen LogP contribution in [-0.2, 0) is 26.4 Å². The molecule has 0 aromatic carbocycles. The van der Waals surface area contributed by atoms with Gasteiger partial charge in [0.05, 0.1) is 22.6 Å². The van der Waals surface area contributed by atoms with Crippen molar-refractivity contribution in [2.24, 2.45) is 12.8 Å². The first kappa shape index (κ1) is 14.1. The van der Waals surface area contributed by atoms with E-state index >= 15 is 0 Å². The number of aryl methyl sites for hydroxylation is 3. The topological polar surface area (TPSA) is 61.7 Å². The molecule has 19 heavy (non-hydrogen) atoms. The van der Waals surface area contributed by atoms with Gasteiger partial charge in [0.25, 0.3) is 0 Å². The summed E-state index contributed by atoms with van der Waals surface area (Å²) in [5.41, 5.74) is 9.20. The number of halogens is 1. The SMILES string of the molecule is CCc1nn(CC)c(CC(N)c2cnn(C)c2)c1Cl. The second-order valence-electron chi connectivity index (χ2n) is 4.63. The second-order valence-corrected chi connectivity index (χ2v) is 5.01. The van der Waals surface area contributed by atoms with Gasteiger partial charge in [-0.2, -0.15) is 10.2 Å². The van der Waals surface area contributed by atoms with Crippen LogP contribution in [0.2, 0.25) is 5.02 Å². The van der Waals surface area contributed by atoms with E-state index in [0.717, 1.165) is 34.9 Å². The summed E-state index contributed by atoms with van der Waals surface area (Å²) in [5.74, 6) is 0. The van der Waals surface area contributed by atoms with E-state index in [-0.39, 0.29) is 6.04 Å². The van der Waals surface area contributed by atoms with E-state index in [1.54, 1.807) is 10.9 Å². The number of aromatic nitrogens is 4. The van der Waals surface area contributed by atoms with Crippen LogP contribution in [0.3, 0.4) is 0 Å². The normalized spacial score (nSPS) is 12.9. The summed E-state index contributed by atoms with van der Waals surface area (Å²) in [6.07, 6.45) is 5.24. The van der Waals surface area contributed by atoms with Crippen LogP contribution in [0.1, 0.15) is 36.8 Å². The standard InChI is InChI=1S/C13H20ClN5/c1-4-11-13(14)12(19(5-2)17-11)6-10(15)9-7-16-18(3)8-9/h7-8,10H,4-6,15H2,1-3H3. The molecule has 0 saturated heterocycles. The molecule has 2 rings (SSSR count). The van der Waals surface area contributed by atoms with Gasteiger partial charge in [-0.05, 0) is 13.3 Å². The molecular weight excluding hydrogens is 262 g/mol. The highest BCUT2D eigenvalue weighted by Crippen LogP contribution is 2.25. The Hall–Kier alpha value is -1.33. The van der Waals surface area contributed by atoms with Crippen LogP contribution in [-0.4, -0.2) is 19.6 Å². The summed E-state index contributed by atoms with van der Waals surface area (Å²) in [6.45, 7) is 4.91. The molecule has 0 bridgehead atoms. The minimum absolute atomic E-state index is 0.113. The van der Waals surface area contributed by atoms with Crippen molar-refractivity contribution >= 4 is 11.6 Å². The van der Waals surface area contributed by atoms with E-state index in [9.17, 15) is 0 Å². The van der Waals surface area contributed by atoms with Crippen LogP contribution in [0.4, 0.5) is 0 Å². The molecule has 104 valence electrons. The summed E-state index contributed by atoms with van der Waals surface area (Å²) < 4.78 is 3.70.